The number of carbonyl (C=O) groups is 3. The summed E-state index contributed by atoms with van der Waals surface area (Å²) in [6, 6.07) is 0. The summed E-state index contributed by atoms with van der Waals surface area (Å²) >= 11 is 0. The monoisotopic (exact) mass is 418 g/mol. The number of epoxide rings is 1. The van der Waals surface area contributed by atoms with Gasteiger partial charge >= 0.3 is 5.97 Å². The molecule has 4 aliphatic carbocycles. The number of ether oxygens (including phenoxy) is 2. The van der Waals surface area contributed by atoms with Crippen molar-refractivity contribution in [2.45, 2.75) is 83.4 Å². The van der Waals surface area contributed by atoms with Gasteiger partial charge in [-0.1, -0.05) is 19.4 Å². The molecule has 1 unspecified atom stereocenters. The van der Waals surface area contributed by atoms with E-state index in [9.17, 15) is 24.6 Å². The Balaban J connectivity index is 1.48. The standard InChI is InChI=1S/C23H30O7/c1-11(24)29-20(28)19(27)23-17(30-23)9-15-14-5-4-12-8-13(25)6-7-21(12,2)18(14)16(26)10-22(15,23)3/h8,14-18,20,26,28H,4-7,9-10H2,1-3H3/t14-,15-,16-,17+,18+,20?,21-,22-,23-/m0/s1. The highest BCUT2D eigenvalue weighted by Gasteiger charge is 2.82. The zero-order chi connectivity index (χ0) is 21.6. The van der Waals surface area contributed by atoms with E-state index in [0.29, 0.717) is 19.3 Å². The fourth-order valence-electron chi connectivity index (χ4n) is 7.93. The molecule has 0 amide bonds. The molecule has 30 heavy (non-hydrogen) atoms. The fourth-order valence-corrected chi connectivity index (χ4v) is 7.93. The zero-order valence-electron chi connectivity index (χ0n) is 17.7. The fraction of sp³-hybridized carbons (Fsp3) is 0.783. The Hall–Kier alpha value is -1.57. The molecule has 9 atom stereocenters. The number of fused-ring (bicyclic) bond motifs is 7. The first-order valence-corrected chi connectivity index (χ1v) is 11.0. The minimum absolute atomic E-state index is 0.0479. The summed E-state index contributed by atoms with van der Waals surface area (Å²) in [5.41, 5.74) is -0.853. The van der Waals surface area contributed by atoms with Gasteiger partial charge in [0.25, 0.3) is 6.29 Å². The number of hydrogen-bond donors (Lipinski definition) is 2. The largest absolute Gasteiger partial charge is 0.428 e. The van der Waals surface area contributed by atoms with Gasteiger partial charge in [-0.3, -0.25) is 14.4 Å². The molecule has 0 bridgehead atoms. The molecule has 0 radical (unpaired) electrons. The van der Waals surface area contributed by atoms with Crippen LogP contribution in [0.25, 0.3) is 0 Å². The molecule has 0 aromatic carbocycles. The highest BCUT2D eigenvalue weighted by molar-refractivity contribution is 5.96. The van der Waals surface area contributed by atoms with E-state index in [2.05, 4.69) is 6.92 Å². The molecule has 1 heterocycles. The van der Waals surface area contributed by atoms with Crippen molar-refractivity contribution in [1.82, 2.24) is 0 Å². The lowest BCUT2D eigenvalue weighted by molar-refractivity contribution is -0.186. The number of rotatable bonds is 3. The molecule has 2 N–H and O–H groups in total. The first kappa shape index (κ1) is 20.3. The molecule has 7 nitrogen and oxygen atoms in total. The van der Waals surface area contributed by atoms with Crippen molar-refractivity contribution in [3.05, 3.63) is 11.6 Å². The maximum absolute atomic E-state index is 13.1. The van der Waals surface area contributed by atoms with E-state index >= 15 is 0 Å². The first-order valence-electron chi connectivity index (χ1n) is 11.0. The molecule has 0 aromatic rings. The minimum atomic E-state index is -1.85. The Morgan fingerprint density at radius 2 is 2.03 bits per heavy atom. The van der Waals surface area contributed by atoms with Crippen LogP contribution in [0.3, 0.4) is 0 Å². The summed E-state index contributed by atoms with van der Waals surface area (Å²) in [4.78, 5) is 36.3. The minimum Gasteiger partial charge on any atom is -0.428 e. The third kappa shape index (κ3) is 2.40. The molecule has 7 heteroatoms. The molecule has 4 fully saturated rings. The highest BCUT2D eigenvalue weighted by Crippen LogP contribution is 2.73. The number of aliphatic hydroxyl groups is 2. The highest BCUT2D eigenvalue weighted by atomic mass is 16.7. The van der Waals surface area contributed by atoms with Gasteiger partial charge in [-0.2, -0.15) is 0 Å². The maximum atomic E-state index is 13.1. The SMILES string of the molecule is CC(=O)OC(O)C(=O)[C@@]12O[C@@H]1C[C@H]1[C@@H]3CCC4=CC(=O)CC[C@]4(C)[C@H]3[C@@H](O)C[C@@]12C. The number of ketones is 2. The summed E-state index contributed by atoms with van der Waals surface area (Å²) in [7, 11) is 0. The van der Waals surface area contributed by atoms with Gasteiger partial charge in [-0.25, -0.2) is 0 Å². The number of aliphatic hydroxyl groups excluding tert-OH is 2. The molecule has 1 aliphatic heterocycles. The van der Waals surface area contributed by atoms with Gasteiger partial charge < -0.3 is 19.7 Å². The molecule has 5 rings (SSSR count). The molecule has 5 aliphatic rings. The summed E-state index contributed by atoms with van der Waals surface area (Å²) in [6.07, 6.45) is 3.10. The van der Waals surface area contributed by atoms with E-state index in [0.717, 1.165) is 31.8 Å². The lowest BCUT2D eigenvalue weighted by Crippen LogP contribution is -2.60. The summed E-state index contributed by atoms with van der Waals surface area (Å²) in [5, 5.41) is 21.6. The molecular formula is C23H30O7. The average molecular weight is 418 g/mol. The van der Waals surface area contributed by atoms with E-state index in [-0.39, 0.29) is 35.1 Å². The molecule has 0 aromatic heterocycles. The molecular weight excluding hydrogens is 388 g/mol. The second kappa shape index (κ2) is 6.24. The Morgan fingerprint density at radius 3 is 2.73 bits per heavy atom. The van der Waals surface area contributed by atoms with E-state index in [1.54, 1.807) is 6.08 Å². The lowest BCUT2D eigenvalue weighted by atomic mass is 9.45. The summed E-state index contributed by atoms with van der Waals surface area (Å²) in [6.45, 7) is 5.32. The van der Waals surface area contributed by atoms with E-state index in [1.807, 2.05) is 6.92 Å². The predicted molar refractivity (Wildman–Crippen MR) is 104 cm³/mol. The van der Waals surface area contributed by atoms with Crippen molar-refractivity contribution in [2.75, 3.05) is 0 Å². The third-order valence-electron chi connectivity index (χ3n) is 9.20. The van der Waals surface area contributed by atoms with Gasteiger partial charge in [0.15, 0.2) is 11.4 Å². The van der Waals surface area contributed by atoms with Crippen LogP contribution in [0.15, 0.2) is 11.6 Å². The molecule has 0 spiro atoms. The number of hydrogen-bond acceptors (Lipinski definition) is 7. The Morgan fingerprint density at radius 1 is 1.30 bits per heavy atom. The second-order valence-corrected chi connectivity index (χ2v) is 10.5. The van der Waals surface area contributed by atoms with Crippen LogP contribution >= 0.6 is 0 Å². The summed E-state index contributed by atoms with van der Waals surface area (Å²) in [5.74, 6) is -0.707. The van der Waals surface area contributed by atoms with Crippen LogP contribution in [0.2, 0.25) is 0 Å². The van der Waals surface area contributed by atoms with Crippen molar-refractivity contribution in [2.24, 2.45) is 28.6 Å². The van der Waals surface area contributed by atoms with Gasteiger partial charge in [-0.15, -0.1) is 0 Å². The quantitative estimate of drug-likeness (QED) is 0.407. The van der Waals surface area contributed by atoms with Crippen LogP contribution in [-0.4, -0.2) is 51.8 Å². The molecule has 1 saturated heterocycles. The average Bonchev–Trinajstić information content (AvgIpc) is 3.34. The van der Waals surface area contributed by atoms with Gasteiger partial charge in [0.1, 0.15) is 0 Å². The number of carbonyl (C=O) groups excluding carboxylic acids is 3. The Kier molecular flexibility index (Phi) is 4.23. The van der Waals surface area contributed by atoms with Crippen LogP contribution in [0.1, 0.15) is 59.3 Å². The number of esters is 1. The van der Waals surface area contributed by atoms with E-state index in [4.69, 9.17) is 9.47 Å². The van der Waals surface area contributed by atoms with Crippen molar-refractivity contribution in [1.29, 1.82) is 0 Å². The van der Waals surface area contributed by atoms with Gasteiger partial charge in [-0.05, 0) is 61.3 Å². The maximum Gasteiger partial charge on any atom is 0.305 e. The van der Waals surface area contributed by atoms with Crippen LogP contribution in [0.4, 0.5) is 0 Å². The van der Waals surface area contributed by atoms with Crippen LogP contribution < -0.4 is 0 Å². The van der Waals surface area contributed by atoms with E-state index in [1.165, 1.54) is 0 Å². The normalized spacial score (nSPS) is 49.7. The van der Waals surface area contributed by atoms with Crippen molar-refractivity contribution in [3.63, 3.8) is 0 Å². The van der Waals surface area contributed by atoms with Crippen molar-refractivity contribution >= 4 is 17.5 Å². The van der Waals surface area contributed by atoms with E-state index < -0.39 is 35.2 Å². The van der Waals surface area contributed by atoms with Gasteiger partial charge in [0.2, 0.25) is 5.78 Å². The Labute approximate surface area is 175 Å². The van der Waals surface area contributed by atoms with Crippen LogP contribution in [0.5, 0.6) is 0 Å². The number of allylic oxidation sites excluding steroid dienone is 1. The second-order valence-electron chi connectivity index (χ2n) is 10.5. The first-order chi connectivity index (χ1) is 14.0. The van der Waals surface area contributed by atoms with Gasteiger partial charge in [0, 0.05) is 18.8 Å². The van der Waals surface area contributed by atoms with Crippen molar-refractivity contribution < 1.29 is 34.1 Å². The lowest BCUT2D eigenvalue weighted by Gasteiger charge is -2.60. The van der Waals surface area contributed by atoms with Crippen LogP contribution in [-0.2, 0) is 23.9 Å². The zero-order valence-corrected chi connectivity index (χ0v) is 17.7. The molecule has 164 valence electrons. The smallest absolute Gasteiger partial charge is 0.305 e. The van der Waals surface area contributed by atoms with Gasteiger partial charge in [0.05, 0.1) is 12.2 Å². The predicted octanol–water partition coefficient (Wildman–Crippen LogP) is 1.69. The molecule has 3 saturated carbocycles. The Bertz CT molecular complexity index is 864. The van der Waals surface area contributed by atoms with Crippen molar-refractivity contribution in [3.8, 4) is 0 Å². The third-order valence-corrected chi connectivity index (χ3v) is 9.20. The van der Waals surface area contributed by atoms with Crippen LogP contribution in [0, 0.1) is 28.6 Å². The topological polar surface area (TPSA) is 113 Å². The summed E-state index contributed by atoms with van der Waals surface area (Å²) < 4.78 is 10.6. The number of Topliss-reactive ketones (excluding diaryl/α,β-unsaturated/α-hetero) is 1.